The van der Waals surface area contributed by atoms with Crippen molar-refractivity contribution in [1.29, 1.82) is 0 Å². The number of benzene rings is 1. The molecule has 0 fully saturated rings. The molecule has 3 nitrogen and oxygen atoms in total. The van der Waals surface area contributed by atoms with Crippen LogP contribution in [-0.4, -0.2) is 16.3 Å². The van der Waals surface area contributed by atoms with E-state index in [0.717, 1.165) is 13.1 Å². The summed E-state index contributed by atoms with van der Waals surface area (Å²) in [6.45, 7) is 6.38. The van der Waals surface area contributed by atoms with Crippen LogP contribution in [0.4, 0.5) is 0 Å². The molecule has 3 heteroatoms. The zero-order valence-corrected chi connectivity index (χ0v) is 12.4. The van der Waals surface area contributed by atoms with Crippen LogP contribution in [0.5, 0.6) is 0 Å². The number of nitrogens with zero attached hydrogens (tertiary/aromatic N) is 2. The van der Waals surface area contributed by atoms with Crippen molar-refractivity contribution in [2.45, 2.75) is 45.7 Å². The van der Waals surface area contributed by atoms with Gasteiger partial charge in [0.1, 0.15) is 0 Å². The first-order chi connectivity index (χ1) is 9.83. The first kappa shape index (κ1) is 13.4. The molecule has 0 saturated carbocycles. The van der Waals surface area contributed by atoms with Gasteiger partial charge in [0, 0.05) is 24.3 Å². The van der Waals surface area contributed by atoms with E-state index in [9.17, 15) is 0 Å². The summed E-state index contributed by atoms with van der Waals surface area (Å²) < 4.78 is 2.06. The van der Waals surface area contributed by atoms with E-state index in [1.165, 1.54) is 41.6 Å². The molecule has 0 bridgehead atoms. The number of hydrogen-bond donors (Lipinski definition) is 1. The Balaban J connectivity index is 1.88. The highest BCUT2D eigenvalue weighted by atomic mass is 15.3. The molecule has 1 aromatic carbocycles. The molecule has 0 amide bonds. The molecule has 1 aromatic heterocycles. The van der Waals surface area contributed by atoms with Crippen molar-refractivity contribution in [3.05, 3.63) is 41.6 Å². The van der Waals surface area contributed by atoms with Gasteiger partial charge in [0.15, 0.2) is 0 Å². The molecule has 20 heavy (non-hydrogen) atoms. The van der Waals surface area contributed by atoms with Gasteiger partial charge in [-0.1, -0.05) is 19.1 Å². The van der Waals surface area contributed by atoms with Crippen LogP contribution >= 0.6 is 0 Å². The van der Waals surface area contributed by atoms with E-state index in [2.05, 4.69) is 53.2 Å². The Kier molecular flexibility index (Phi) is 3.88. The smallest absolute Gasteiger partial charge is 0.0682 e. The zero-order valence-electron chi connectivity index (χ0n) is 12.4. The molecule has 0 radical (unpaired) electrons. The van der Waals surface area contributed by atoms with Crippen LogP contribution in [0.15, 0.2) is 30.5 Å². The zero-order chi connectivity index (χ0) is 13.9. The molecule has 1 aliphatic rings. The van der Waals surface area contributed by atoms with Crippen molar-refractivity contribution in [3.8, 4) is 11.3 Å². The Morgan fingerprint density at radius 1 is 1.30 bits per heavy atom. The van der Waals surface area contributed by atoms with Crippen molar-refractivity contribution in [3.63, 3.8) is 0 Å². The first-order valence-electron chi connectivity index (χ1n) is 7.71. The molecule has 0 spiro atoms. The summed E-state index contributed by atoms with van der Waals surface area (Å²) in [6, 6.07) is 9.56. The lowest BCUT2D eigenvalue weighted by molar-refractivity contribution is 0.529. The Hall–Kier alpha value is -1.61. The minimum absolute atomic E-state index is 0.551. The lowest BCUT2D eigenvalue weighted by Gasteiger charge is -2.14. The van der Waals surface area contributed by atoms with E-state index < -0.39 is 0 Å². The predicted octanol–water partition coefficient (Wildman–Crippen LogP) is 3.56. The molecule has 3 rings (SSSR count). The van der Waals surface area contributed by atoms with Crippen LogP contribution in [0.3, 0.4) is 0 Å². The number of hydrogen-bond acceptors (Lipinski definition) is 2. The van der Waals surface area contributed by atoms with Gasteiger partial charge in [-0.05, 0) is 56.0 Å². The third-order valence-electron chi connectivity index (χ3n) is 4.17. The molecular formula is C17H23N3. The van der Waals surface area contributed by atoms with Crippen molar-refractivity contribution in [1.82, 2.24) is 15.1 Å². The Labute approximate surface area is 121 Å². The van der Waals surface area contributed by atoms with Crippen LogP contribution in [0, 0.1) is 0 Å². The minimum Gasteiger partial charge on any atom is -0.310 e. The van der Waals surface area contributed by atoms with E-state index in [-0.39, 0.29) is 0 Å². The van der Waals surface area contributed by atoms with E-state index >= 15 is 0 Å². The van der Waals surface area contributed by atoms with Crippen LogP contribution in [0.1, 0.15) is 43.9 Å². The highest BCUT2D eigenvalue weighted by Gasteiger charge is 2.22. The molecule has 0 aliphatic heterocycles. The third-order valence-corrected chi connectivity index (χ3v) is 4.17. The fraction of sp³-hybridized carbons (Fsp3) is 0.471. The molecule has 1 N–H and O–H groups in total. The maximum atomic E-state index is 4.36. The van der Waals surface area contributed by atoms with Crippen molar-refractivity contribution in [2.75, 3.05) is 6.54 Å². The van der Waals surface area contributed by atoms with Crippen LogP contribution in [0.2, 0.25) is 0 Å². The Morgan fingerprint density at radius 2 is 2.20 bits per heavy atom. The van der Waals surface area contributed by atoms with Crippen molar-refractivity contribution < 1.29 is 0 Å². The van der Waals surface area contributed by atoms with Gasteiger partial charge in [-0.2, -0.15) is 5.10 Å². The highest BCUT2D eigenvalue weighted by molar-refractivity contribution is 5.62. The van der Waals surface area contributed by atoms with Crippen molar-refractivity contribution in [2.24, 2.45) is 0 Å². The predicted molar refractivity (Wildman–Crippen MR) is 82.7 cm³/mol. The van der Waals surface area contributed by atoms with Gasteiger partial charge in [-0.25, -0.2) is 0 Å². The number of nitrogens with one attached hydrogen (secondary N) is 1. The van der Waals surface area contributed by atoms with E-state index in [1.54, 1.807) is 0 Å². The van der Waals surface area contributed by atoms with E-state index in [4.69, 9.17) is 0 Å². The molecule has 1 unspecified atom stereocenters. The van der Waals surface area contributed by atoms with Gasteiger partial charge < -0.3 is 5.32 Å². The maximum absolute atomic E-state index is 4.36. The second-order valence-electron chi connectivity index (χ2n) is 5.49. The summed E-state index contributed by atoms with van der Waals surface area (Å²) in [7, 11) is 0. The largest absolute Gasteiger partial charge is 0.310 e. The summed E-state index contributed by atoms with van der Waals surface area (Å²) in [5, 5.41) is 8.01. The highest BCUT2D eigenvalue weighted by Crippen LogP contribution is 2.34. The molecule has 1 aliphatic carbocycles. The minimum atomic E-state index is 0.551. The van der Waals surface area contributed by atoms with Gasteiger partial charge in [0.05, 0.1) is 5.69 Å². The van der Waals surface area contributed by atoms with Gasteiger partial charge >= 0.3 is 0 Å². The molecule has 106 valence electrons. The SMILES string of the molecule is CCCNC1CCc2cc(-c3ccnn3CC)ccc21. The fourth-order valence-electron chi connectivity index (χ4n) is 3.14. The van der Waals surface area contributed by atoms with Gasteiger partial charge in [-0.3, -0.25) is 4.68 Å². The van der Waals surface area contributed by atoms with Crippen LogP contribution in [-0.2, 0) is 13.0 Å². The van der Waals surface area contributed by atoms with Gasteiger partial charge in [-0.15, -0.1) is 0 Å². The summed E-state index contributed by atoms with van der Waals surface area (Å²) >= 11 is 0. The van der Waals surface area contributed by atoms with Gasteiger partial charge in [0.25, 0.3) is 0 Å². The topological polar surface area (TPSA) is 29.9 Å². The lowest BCUT2D eigenvalue weighted by atomic mass is 10.0. The number of aryl methyl sites for hydroxylation is 2. The second-order valence-corrected chi connectivity index (χ2v) is 5.49. The lowest BCUT2D eigenvalue weighted by Crippen LogP contribution is -2.19. The average Bonchev–Trinajstić information content (AvgIpc) is 3.10. The molecular weight excluding hydrogens is 246 g/mol. The summed E-state index contributed by atoms with van der Waals surface area (Å²) in [4.78, 5) is 0. The Morgan fingerprint density at radius 3 is 3.00 bits per heavy atom. The number of rotatable bonds is 5. The van der Waals surface area contributed by atoms with E-state index in [1.807, 2.05) is 6.20 Å². The molecule has 1 heterocycles. The van der Waals surface area contributed by atoms with Gasteiger partial charge in [0.2, 0.25) is 0 Å². The average molecular weight is 269 g/mol. The number of aromatic nitrogens is 2. The normalized spacial score (nSPS) is 17.4. The molecule has 2 aromatic rings. The first-order valence-corrected chi connectivity index (χ1v) is 7.71. The molecule has 1 atom stereocenters. The second kappa shape index (κ2) is 5.80. The van der Waals surface area contributed by atoms with E-state index in [0.29, 0.717) is 6.04 Å². The standard InChI is InChI=1S/C17H23N3/c1-3-10-18-16-8-6-13-12-14(5-7-15(13)16)17-9-11-19-20(17)4-2/h5,7,9,11-12,16,18H,3-4,6,8,10H2,1-2H3. The van der Waals surface area contributed by atoms with Crippen molar-refractivity contribution >= 4 is 0 Å². The summed E-state index contributed by atoms with van der Waals surface area (Å²) in [6.07, 6.45) is 5.49. The summed E-state index contributed by atoms with van der Waals surface area (Å²) in [5.74, 6) is 0. The summed E-state index contributed by atoms with van der Waals surface area (Å²) in [5.41, 5.74) is 5.50. The quantitative estimate of drug-likeness (QED) is 0.899. The fourth-order valence-corrected chi connectivity index (χ4v) is 3.14. The maximum Gasteiger partial charge on any atom is 0.0682 e. The number of fused-ring (bicyclic) bond motifs is 1. The monoisotopic (exact) mass is 269 g/mol. The van der Waals surface area contributed by atoms with Crippen LogP contribution in [0.25, 0.3) is 11.3 Å². The third kappa shape index (κ3) is 2.38. The molecule has 0 saturated heterocycles. The Bertz CT molecular complexity index is 586. The van der Waals surface area contributed by atoms with Crippen LogP contribution < -0.4 is 5.32 Å².